The highest BCUT2D eigenvalue weighted by Gasteiger charge is 2.48. The Morgan fingerprint density at radius 2 is 1.84 bits per heavy atom. The second-order valence-corrected chi connectivity index (χ2v) is 9.01. The molecule has 5 N–H and O–H groups in total. The molecule has 168 valence electrons. The molecule has 11 heteroatoms. The number of benzene rings is 2. The fourth-order valence-corrected chi connectivity index (χ4v) is 5.33. The van der Waals surface area contributed by atoms with E-state index in [2.05, 4.69) is 10.6 Å². The minimum absolute atomic E-state index is 0.0156. The molecule has 2 aromatic carbocycles. The van der Waals surface area contributed by atoms with Crippen molar-refractivity contribution in [2.75, 3.05) is 20.2 Å². The largest absolute Gasteiger partial charge is 0.507 e. The summed E-state index contributed by atoms with van der Waals surface area (Å²) in [5.74, 6) is -3.13. The number of carbonyl (C=O) groups excluding carboxylic acids is 1. The van der Waals surface area contributed by atoms with Gasteiger partial charge in [-0.25, -0.2) is 22.3 Å². The normalized spacial score (nSPS) is 17.0. The van der Waals surface area contributed by atoms with Gasteiger partial charge in [0, 0.05) is 11.5 Å². The second-order valence-electron chi connectivity index (χ2n) is 7.36. The molecule has 31 heavy (non-hydrogen) atoms. The maximum atomic E-state index is 14.0. The zero-order valence-corrected chi connectivity index (χ0v) is 17.5. The fourth-order valence-electron chi connectivity index (χ4n) is 4.06. The number of carbonyl (C=O) groups is 1. The van der Waals surface area contributed by atoms with Gasteiger partial charge in [-0.05, 0) is 55.8 Å². The molecule has 1 fully saturated rings. The molecule has 1 aliphatic heterocycles. The van der Waals surface area contributed by atoms with Gasteiger partial charge in [-0.2, -0.15) is 0 Å². The zero-order chi connectivity index (χ0) is 22.8. The van der Waals surface area contributed by atoms with Crippen LogP contribution in [0.15, 0.2) is 36.4 Å². The second kappa shape index (κ2) is 8.77. The van der Waals surface area contributed by atoms with Gasteiger partial charge in [0.2, 0.25) is 10.0 Å². The van der Waals surface area contributed by atoms with Crippen LogP contribution in [0.4, 0.5) is 8.78 Å². The van der Waals surface area contributed by atoms with Crippen LogP contribution in [0.3, 0.4) is 0 Å². The number of aromatic hydroxyl groups is 1. The molecule has 1 atom stereocenters. The van der Waals surface area contributed by atoms with E-state index in [0.717, 1.165) is 12.1 Å². The number of nitrogens with one attached hydrogen (secondary N) is 2. The molecule has 1 heterocycles. The van der Waals surface area contributed by atoms with Crippen molar-refractivity contribution in [3.05, 3.63) is 59.2 Å². The highest BCUT2D eigenvalue weighted by molar-refractivity contribution is 7.89. The van der Waals surface area contributed by atoms with Crippen molar-refractivity contribution in [1.29, 1.82) is 0 Å². The average Bonchev–Trinajstić information content (AvgIpc) is 2.70. The number of piperidine rings is 1. The molecule has 0 spiro atoms. The van der Waals surface area contributed by atoms with Gasteiger partial charge < -0.3 is 20.5 Å². The smallest absolute Gasteiger partial charge is 0.259 e. The van der Waals surface area contributed by atoms with E-state index in [1.165, 1.54) is 25.3 Å². The van der Waals surface area contributed by atoms with Gasteiger partial charge in [-0.15, -0.1) is 0 Å². The molecule has 1 aliphatic rings. The minimum Gasteiger partial charge on any atom is -0.507 e. The Hall–Kier alpha value is -2.76. The van der Waals surface area contributed by atoms with Gasteiger partial charge in [-0.3, -0.25) is 4.79 Å². The summed E-state index contributed by atoms with van der Waals surface area (Å²) in [5.41, 5.74) is -1.63. The lowest BCUT2D eigenvalue weighted by Gasteiger charge is -2.43. The average molecular weight is 455 g/mol. The molecule has 0 radical (unpaired) electrons. The molecule has 0 saturated carbocycles. The van der Waals surface area contributed by atoms with Crippen LogP contribution in [0.2, 0.25) is 0 Å². The van der Waals surface area contributed by atoms with E-state index in [1.54, 1.807) is 0 Å². The number of amides is 1. The molecule has 2 aromatic rings. The third-order valence-corrected chi connectivity index (χ3v) is 6.70. The van der Waals surface area contributed by atoms with E-state index in [-0.39, 0.29) is 29.7 Å². The van der Waals surface area contributed by atoms with Crippen LogP contribution < -0.4 is 20.5 Å². The van der Waals surface area contributed by atoms with Crippen LogP contribution in [0.5, 0.6) is 11.5 Å². The van der Waals surface area contributed by atoms with Crippen molar-refractivity contribution in [2.24, 2.45) is 5.14 Å². The SMILES string of the molecule is COc1cccc(O)c1C(=O)NC(C1(c2cc(F)cc(F)c2)CCNCC1)S(N)(=O)=O. The predicted octanol–water partition coefficient (Wildman–Crippen LogP) is 1.34. The van der Waals surface area contributed by atoms with E-state index >= 15 is 0 Å². The molecular formula is C20H23F2N3O5S. The molecule has 1 unspecified atom stereocenters. The van der Waals surface area contributed by atoms with Crippen molar-refractivity contribution in [1.82, 2.24) is 10.6 Å². The molecular weight excluding hydrogens is 432 g/mol. The number of nitrogens with two attached hydrogens (primary N) is 1. The summed E-state index contributed by atoms with van der Waals surface area (Å²) in [7, 11) is -3.18. The number of hydrogen-bond donors (Lipinski definition) is 4. The number of hydrogen-bond acceptors (Lipinski definition) is 6. The summed E-state index contributed by atoms with van der Waals surface area (Å²) in [6.07, 6.45) is 0.268. The first kappa shape index (κ1) is 22.9. The van der Waals surface area contributed by atoms with Crippen molar-refractivity contribution in [2.45, 2.75) is 23.6 Å². The first-order chi connectivity index (χ1) is 14.6. The number of halogens is 2. The van der Waals surface area contributed by atoms with E-state index in [1.807, 2.05) is 0 Å². The Balaban J connectivity index is 2.13. The molecule has 1 amide bonds. The maximum absolute atomic E-state index is 14.0. The van der Waals surface area contributed by atoms with Crippen LogP contribution in [-0.4, -0.2) is 45.0 Å². The van der Waals surface area contributed by atoms with E-state index in [0.29, 0.717) is 19.2 Å². The number of rotatable bonds is 6. The Labute approximate surface area is 178 Å². The van der Waals surface area contributed by atoms with Crippen molar-refractivity contribution in [3.8, 4) is 11.5 Å². The lowest BCUT2D eigenvalue weighted by molar-refractivity contribution is 0.0919. The molecule has 3 rings (SSSR count). The monoisotopic (exact) mass is 455 g/mol. The van der Waals surface area contributed by atoms with Gasteiger partial charge in [-0.1, -0.05) is 6.07 Å². The molecule has 0 aliphatic carbocycles. The van der Waals surface area contributed by atoms with Crippen molar-refractivity contribution < 1.29 is 31.8 Å². The highest BCUT2D eigenvalue weighted by atomic mass is 32.2. The summed E-state index contributed by atoms with van der Waals surface area (Å²) in [6, 6.07) is 6.87. The fraction of sp³-hybridized carbons (Fsp3) is 0.350. The van der Waals surface area contributed by atoms with Crippen molar-refractivity contribution in [3.63, 3.8) is 0 Å². The summed E-state index contributed by atoms with van der Waals surface area (Å²) >= 11 is 0. The third kappa shape index (κ3) is 4.63. The molecule has 0 bridgehead atoms. The van der Waals surface area contributed by atoms with Gasteiger partial charge in [0.05, 0.1) is 7.11 Å². The number of phenols is 1. The highest BCUT2D eigenvalue weighted by Crippen LogP contribution is 2.40. The summed E-state index contributed by atoms with van der Waals surface area (Å²) < 4.78 is 58.4. The Morgan fingerprint density at radius 1 is 1.23 bits per heavy atom. The van der Waals surface area contributed by atoms with Crippen molar-refractivity contribution >= 4 is 15.9 Å². The Kier molecular flexibility index (Phi) is 6.48. The number of methoxy groups -OCH3 is 1. The van der Waals surface area contributed by atoms with Gasteiger partial charge >= 0.3 is 0 Å². The Morgan fingerprint density at radius 3 is 2.39 bits per heavy atom. The summed E-state index contributed by atoms with van der Waals surface area (Å²) in [5, 5.41) is 19.4. The van der Waals surface area contributed by atoms with Crippen LogP contribution in [0.1, 0.15) is 28.8 Å². The van der Waals surface area contributed by atoms with E-state index in [9.17, 15) is 27.1 Å². The number of sulfonamides is 1. The van der Waals surface area contributed by atoms with Crippen LogP contribution in [-0.2, 0) is 15.4 Å². The standard InChI is InChI=1S/C20H23F2N3O5S/c1-30-16-4-2-3-15(26)17(16)18(27)25-19(31(23,28)29)20(5-7-24-8-6-20)12-9-13(21)11-14(22)10-12/h2-4,9-11,19,24,26H,5-8H2,1H3,(H,25,27)(H2,23,28,29). The van der Waals surface area contributed by atoms with Gasteiger partial charge in [0.1, 0.15) is 28.7 Å². The van der Waals surface area contributed by atoms with Crippen LogP contribution >= 0.6 is 0 Å². The third-order valence-electron chi connectivity index (χ3n) is 5.48. The minimum atomic E-state index is -4.46. The Bertz CT molecular complexity index is 1070. The first-order valence-corrected chi connectivity index (χ1v) is 11.0. The van der Waals surface area contributed by atoms with Gasteiger partial charge in [0.15, 0.2) is 5.37 Å². The van der Waals surface area contributed by atoms with Gasteiger partial charge in [0.25, 0.3) is 5.91 Å². The van der Waals surface area contributed by atoms with Crippen LogP contribution in [0, 0.1) is 11.6 Å². The zero-order valence-electron chi connectivity index (χ0n) is 16.7. The number of ether oxygens (including phenoxy) is 1. The molecule has 1 saturated heterocycles. The lowest BCUT2D eigenvalue weighted by atomic mass is 9.72. The van der Waals surface area contributed by atoms with E-state index in [4.69, 9.17) is 9.88 Å². The van der Waals surface area contributed by atoms with Crippen LogP contribution in [0.25, 0.3) is 0 Å². The quantitative estimate of drug-likeness (QED) is 0.520. The first-order valence-electron chi connectivity index (χ1n) is 9.44. The summed E-state index contributed by atoms with van der Waals surface area (Å²) in [4.78, 5) is 13.0. The predicted molar refractivity (Wildman–Crippen MR) is 109 cm³/mol. The topological polar surface area (TPSA) is 131 Å². The molecule has 0 aromatic heterocycles. The van der Waals surface area contributed by atoms with E-state index < -0.39 is 44.1 Å². The molecule has 8 nitrogen and oxygen atoms in total. The maximum Gasteiger partial charge on any atom is 0.259 e. The lowest BCUT2D eigenvalue weighted by Crippen LogP contribution is -2.60. The summed E-state index contributed by atoms with van der Waals surface area (Å²) in [6.45, 7) is 0.667. The number of phenolic OH excluding ortho intramolecular Hbond substituents is 1. The number of primary sulfonamides is 1.